The largest absolute Gasteiger partial charge is 0.315 e. The molecule has 1 rings (SSSR count). The van der Waals surface area contributed by atoms with Gasteiger partial charge in [-0.2, -0.15) is 0 Å². The quantitative estimate of drug-likeness (QED) is 0.775. The van der Waals surface area contributed by atoms with Crippen molar-refractivity contribution in [1.82, 2.24) is 10.2 Å². The van der Waals surface area contributed by atoms with Crippen molar-refractivity contribution < 1.29 is 0 Å². The van der Waals surface area contributed by atoms with E-state index in [-0.39, 0.29) is 0 Å². The zero-order valence-electron chi connectivity index (χ0n) is 11.5. The monoisotopic (exact) mass is 226 g/mol. The third-order valence-corrected chi connectivity index (χ3v) is 3.51. The fraction of sp³-hybridized carbons (Fsp3) is 1.00. The van der Waals surface area contributed by atoms with Crippen LogP contribution in [0.15, 0.2) is 0 Å². The van der Waals surface area contributed by atoms with Crippen LogP contribution in [0, 0.1) is 5.92 Å². The topological polar surface area (TPSA) is 15.3 Å². The minimum absolute atomic E-state index is 0.705. The molecule has 96 valence electrons. The lowest BCUT2D eigenvalue weighted by atomic mass is 10.1. The minimum atomic E-state index is 0.705. The van der Waals surface area contributed by atoms with Gasteiger partial charge in [0.05, 0.1) is 0 Å². The molecule has 1 saturated heterocycles. The molecule has 0 spiro atoms. The third-order valence-electron chi connectivity index (χ3n) is 3.51. The average molecular weight is 226 g/mol. The van der Waals surface area contributed by atoms with Crippen LogP contribution in [0.3, 0.4) is 0 Å². The van der Waals surface area contributed by atoms with Crippen LogP contribution in [0.5, 0.6) is 0 Å². The molecule has 2 nitrogen and oxygen atoms in total. The molecule has 0 aromatic carbocycles. The van der Waals surface area contributed by atoms with Gasteiger partial charge >= 0.3 is 0 Å². The summed E-state index contributed by atoms with van der Waals surface area (Å²) in [7, 11) is 0. The maximum Gasteiger partial charge on any atom is 0.0192 e. The van der Waals surface area contributed by atoms with E-state index in [9.17, 15) is 0 Å². The second kappa shape index (κ2) is 8.08. The summed E-state index contributed by atoms with van der Waals surface area (Å²) in [4.78, 5) is 2.67. The highest BCUT2D eigenvalue weighted by molar-refractivity contribution is 4.71. The van der Waals surface area contributed by atoms with E-state index in [1.807, 2.05) is 0 Å². The molecule has 0 saturated carbocycles. The Hall–Kier alpha value is -0.0800. The van der Waals surface area contributed by atoms with Crippen LogP contribution in [-0.4, -0.2) is 37.1 Å². The van der Waals surface area contributed by atoms with Crippen molar-refractivity contribution in [3.05, 3.63) is 0 Å². The average Bonchev–Trinajstić information content (AvgIpc) is 2.15. The first-order chi connectivity index (χ1) is 7.70. The normalized spacial score (nSPS) is 21.8. The van der Waals surface area contributed by atoms with Crippen LogP contribution < -0.4 is 5.32 Å². The lowest BCUT2D eigenvalue weighted by Gasteiger charge is -2.31. The summed E-state index contributed by atoms with van der Waals surface area (Å²) < 4.78 is 0. The highest BCUT2D eigenvalue weighted by Crippen LogP contribution is 2.12. The lowest BCUT2D eigenvalue weighted by Crippen LogP contribution is -2.42. The van der Waals surface area contributed by atoms with Crippen molar-refractivity contribution in [1.29, 1.82) is 0 Å². The van der Waals surface area contributed by atoms with E-state index in [0.29, 0.717) is 6.04 Å². The van der Waals surface area contributed by atoms with Crippen molar-refractivity contribution in [3.8, 4) is 0 Å². The van der Waals surface area contributed by atoms with Crippen LogP contribution >= 0.6 is 0 Å². The molecule has 1 N–H and O–H groups in total. The number of nitrogens with one attached hydrogen (secondary N) is 1. The summed E-state index contributed by atoms with van der Waals surface area (Å²) in [6.45, 7) is 11.8. The molecule has 0 amide bonds. The molecule has 0 aromatic heterocycles. The Balaban J connectivity index is 2.19. The molecule has 1 atom stereocenters. The smallest absolute Gasteiger partial charge is 0.0192 e. The van der Waals surface area contributed by atoms with Crippen molar-refractivity contribution in [3.63, 3.8) is 0 Å². The molecule has 0 bridgehead atoms. The van der Waals surface area contributed by atoms with E-state index < -0.39 is 0 Å². The number of likely N-dealkylation sites (tertiary alicyclic amines) is 1. The molecule has 0 aliphatic carbocycles. The molecular weight excluding hydrogens is 196 g/mol. The first kappa shape index (κ1) is 14.0. The first-order valence-electron chi connectivity index (χ1n) is 7.15. The van der Waals surface area contributed by atoms with E-state index in [2.05, 4.69) is 31.0 Å². The van der Waals surface area contributed by atoms with Gasteiger partial charge in [0.25, 0.3) is 0 Å². The van der Waals surface area contributed by atoms with E-state index in [4.69, 9.17) is 0 Å². The van der Waals surface area contributed by atoms with Gasteiger partial charge < -0.3 is 5.32 Å². The highest BCUT2D eigenvalue weighted by Gasteiger charge is 2.14. The van der Waals surface area contributed by atoms with E-state index in [0.717, 1.165) is 19.0 Å². The molecule has 2 heteroatoms. The number of rotatable bonds is 5. The highest BCUT2D eigenvalue weighted by atomic mass is 15.2. The van der Waals surface area contributed by atoms with Gasteiger partial charge in [0.2, 0.25) is 0 Å². The summed E-state index contributed by atoms with van der Waals surface area (Å²) >= 11 is 0. The predicted molar refractivity (Wildman–Crippen MR) is 71.8 cm³/mol. The van der Waals surface area contributed by atoms with Gasteiger partial charge in [-0.1, -0.05) is 33.1 Å². The van der Waals surface area contributed by atoms with Crippen molar-refractivity contribution in [2.45, 2.75) is 58.9 Å². The summed E-state index contributed by atoms with van der Waals surface area (Å²) in [6.07, 6.45) is 7.11. The van der Waals surface area contributed by atoms with Gasteiger partial charge in [0, 0.05) is 12.6 Å². The van der Waals surface area contributed by atoms with Gasteiger partial charge in [0.15, 0.2) is 0 Å². The van der Waals surface area contributed by atoms with Crippen LogP contribution in [0.4, 0.5) is 0 Å². The summed E-state index contributed by atoms with van der Waals surface area (Å²) in [5.74, 6) is 0.763. The molecule has 1 fully saturated rings. The zero-order valence-corrected chi connectivity index (χ0v) is 11.5. The predicted octanol–water partition coefficient (Wildman–Crippen LogP) is 2.89. The van der Waals surface area contributed by atoms with Crippen LogP contribution in [-0.2, 0) is 0 Å². The van der Waals surface area contributed by atoms with Crippen LogP contribution in [0.1, 0.15) is 52.9 Å². The van der Waals surface area contributed by atoms with Crippen molar-refractivity contribution in [2.24, 2.45) is 5.92 Å². The molecule has 0 aromatic rings. The molecule has 0 radical (unpaired) electrons. The number of nitrogens with zero attached hydrogens (tertiary/aromatic N) is 1. The fourth-order valence-electron chi connectivity index (χ4n) is 2.42. The van der Waals surface area contributed by atoms with Gasteiger partial charge in [-0.3, -0.25) is 4.90 Å². The Morgan fingerprint density at radius 2 is 1.44 bits per heavy atom. The lowest BCUT2D eigenvalue weighted by molar-refractivity contribution is 0.186. The fourth-order valence-corrected chi connectivity index (χ4v) is 2.42. The van der Waals surface area contributed by atoms with Gasteiger partial charge in [-0.05, 0) is 45.3 Å². The van der Waals surface area contributed by atoms with Gasteiger partial charge in [0.1, 0.15) is 0 Å². The zero-order chi connectivity index (χ0) is 11.8. The Bertz CT molecular complexity index is 160. The first-order valence-corrected chi connectivity index (χ1v) is 7.15. The molecule has 1 unspecified atom stereocenters. The molecule has 16 heavy (non-hydrogen) atoms. The third kappa shape index (κ3) is 5.86. The Kier molecular flexibility index (Phi) is 7.06. The Morgan fingerprint density at radius 3 is 2.00 bits per heavy atom. The molecular formula is C14H30N2. The summed E-state index contributed by atoms with van der Waals surface area (Å²) in [5.41, 5.74) is 0. The second-order valence-corrected chi connectivity index (χ2v) is 5.70. The van der Waals surface area contributed by atoms with Crippen LogP contribution in [0.25, 0.3) is 0 Å². The minimum Gasteiger partial charge on any atom is -0.315 e. The Morgan fingerprint density at radius 1 is 0.875 bits per heavy atom. The van der Waals surface area contributed by atoms with Gasteiger partial charge in [-0.15, -0.1) is 0 Å². The van der Waals surface area contributed by atoms with Crippen LogP contribution in [0.2, 0.25) is 0 Å². The molecule has 1 aliphatic rings. The van der Waals surface area contributed by atoms with E-state index >= 15 is 0 Å². The Labute approximate surface area is 102 Å². The summed E-state index contributed by atoms with van der Waals surface area (Å²) in [6, 6.07) is 0.705. The van der Waals surface area contributed by atoms with Crippen molar-refractivity contribution in [2.75, 3.05) is 26.2 Å². The second-order valence-electron chi connectivity index (χ2n) is 5.70. The van der Waals surface area contributed by atoms with Gasteiger partial charge in [-0.25, -0.2) is 0 Å². The standard InChI is InChI=1S/C14H30N2/c1-13(2)11-15-12-14(3)16-9-7-5-4-6-8-10-16/h13-15H,4-12H2,1-3H3. The number of hydrogen-bond acceptors (Lipinski definition) is 2. The molecule has 1 aliphatic heterocycles. The summed E-state index contributed by atoms with van der Waals surface area (Å²) in [5, 5.41) is 3.58. The maximum atomic E-state index is 3.58. The maximum absolute atomic E-state index is 3.58. The SMILES string of the molecule is CC(C)CNCC(C)N1CCCCCCC1. The number of hydrogen-bond donors (Lipinski definition) is 1. The molecule has 1 heterocycles. The van der Waals surface area contributed by atoms with E-state index in [1.165, 1.54) is 45.2 Å². The van der Waals surface area contributed by atoms with E-state index in [1.54, 1.807) is 0 Å². The van der Waals surface area contributed by atoms with Crippen molar-refractivity contribution >= 4 is 0 Å².